The maximum atomic E-state index is 4.00. The van der Waals surface area contributed by atoms with Gasteiger partial charge in [0.15, 0.2) is 0 Å². The van der Waals surface area contributed by atoms with Crippen LogP contribution in [0.5, 0.6) is 0 Å². The normalized spacial score (nSPS) is 10.2. The molecular formula is C13H13BrN2S. The monoisotopic (exact) mass is 308 g/mol. The van der Waals surface area contributed by atoms with Crippen molar-refractivity contribution in [1.29, 1.82) is 0 Å². The highest BCUT2D eigenvalue weighted by Gasteiger charge is 1.94. The van der Waals surface area contributed by atoms with Gasteiger partial charge in [0.1, 0.15) is 0 Å². The Bertz CT molecular complexity index is 462. The summed E-state index contributed by atoms with van der Waals surface area (Å²) in [6.45, 7) is 0.948. The number of halogens is 1. The molecule has 4 heteroatoms. The molecule has 1 heterocycles. The van der Waals surface area contributed by atoms with Crippen molar-refractivity contribution in [2.75, 3.05) is 17.6 Å². The van der Waals surface area contributed by atoms with E-state index in [2.05, 4.69) is 38.4 Å². The fourth-order valence-electron chi connectivity index (χ4n) is 1.40. The minimum Gasteiger partial charge on any atom is -0.384 e. The SMILES string of the molecule is Brc1cccc(NCCSc2ccncc2)c1. The number of hydrogen-bond acceptors (Lipinski definition) is 3. The fourth-order valence-corrected chi connectivity index (χ4v) is 2.55. The minimum atomic E-state index is 0.948. The number of rotatable bonds is 5. The predicted molar refractivity (Wildman–Crippen MR) is 77.6 cm³/mol. The van der Waals surface area contributed by atoms with E-state index in [1.165, 1.54) is 4.90 Å². The van der Waals surface area contributed by atoms with Crippen molar-refractivity contribution in [2.45, 2.75) is 4.90 Å². The zero-order valence-corrected chi connectivity index (χ0v) is 11.7. The van der Waals surface area contributed by atoms with Crippen molar-refractivity contribution in [3.8, 4) is 0 Å². The molecule has 0 atom stereocenters. The van der Waals surface area contributed by atoms with Crippen LogP contribution < -0.4 is 5.32 Å². The summed E-state index contributed by atoms with van der Waals surface area (Å²) in [6, 6.07) is 12.3. The maximum Gasteiger partial charge on any atom is 0.0351 e. The Kier molecular flexibility index (Phi) is 4.88. The second kappa shape index (κ2) is 6.67. The Hall–Kier alpha value is -1.00. The van der Waals surface area contributed by atoms with Gasteiger partial charge < -0.3 is 5.32 Å². The third-order valence-electron chi connectivity index (χ3n) is 2.17. The van der Waals surface area contributed by atoms with Gasteiger partial charge in [-0.25, -0.2) is 0 Å². The quantitative estimate of drug-likeness (QED) is 0.666. The zero-order chi connectivity index (χ0) is 11.9. The van der Waals surface area contributed by atoms with Crippen molar-refractivity contribution in [2.24, 2.45) is 0 Å². The second-order valence-electron chi connectivity index (χ2n) is 3.47. The van der Waals surface area contributed by atoms with Crippen LogP contribution in [0.25, 0.3) is 0 Å². The Morgan fingerprint density at radius 1 is 1.18 bits per heavy atom. The molecule has 0 unspecified atom stereocenters. The van der Waals surface area contributed by atoms with E-state index < -0.39 is 0 Å². The highest BCUT2D eigenvalue weighted by atomic mass is 79.9. The molecule has 0 saturated carbocycles. The molecule has 1 aromatic carbocycles. The van der Waals surface area contributed by atoms with Crippen LogP contribution in [0, 0.1) is 0 Å². The molecule has 1 aromatic heterocycles. The summed E-state index contributed by atoms with van der Waals surface area (Å²) in [5.41, 5.74) is 1.15. The summed E-state index contributed by atoms with van der Waals surface area (Å²) in [4.78, 5) is 5.26. The summed E-state index contributed by atoms with van der Waals surface area (Å²) >= 11 is 5.29. The van der Waals surface area contributed by atoms with E-state index in [1.807, 2.05) is 48.4 Å². The van der Waals surface area contributed by atoms with Crippen molar-refractivity contribution in [3.05, 3.63) is 53.3 Å². The Balaban J connectivity index is 1.73. The van der Waals surface area contributed by atoms with E-state index >= 15 is 0 Å². The summed E-state index contributed by atoms with van der Waals surface area (Å²) in [7, 11) is 0. The van der Waals surface area contributed by atoms with Gasteiger partial charge in [-0.1, -0.05) is 22.0 Å². The average molecular weight is 309 g/mol. The molecule has 0 aliphatic heterocycles. The lowest BCUT2D eigenvalue weighted by atomic mass is 10.3. The third kappa shape index (κ3) is 4.40. The molecule has 1 N–H and O–H groups in total. The molecule has 0 aliphatic rings. The van der Waals surface area contributed by atoms with Crippen LogP contribution in [0.1, 0.15) is 0 Å². The molecule has 2 aromatic rings. The molecule has 17 heavy (non-hydrogen) atoms. The molecule has 2 nitrogen and oxygen atoms in total. The molecule has 0 radical (unpaired) electrons. The Morgan fingerprint density at radius 3 is 2.76 bits per heavy atom. The van der Waals surface area contributed by atoms with Gasteiger partial charge in [0.2, 0.25) is 0 Å². The predicted octanol–water partition coefficient (Wildman–Crippen LogP) is 4.05. The van der Waals surface area contributed by atoms with Crippen LogP contribution in [0.2, 0.25) is 0 Å². The van der Waals surface area contributed by atoms with Crippen molar-refractivity contribution in [3.63, 3.8) is 0 Å². The number of benzene rings is 1. The number of nitrogens with zero attached hydrogens (tertiary/aromatic N) is 1. The number of hydrogen-bond donors (Lipinski definition) is 1. The first kappa shape index (κ1) is 12.5. The van der Waals surface area contributed by atoms with Gasteiger partial charge in [0, 0.05) is 39.7 Å². The standard InChI is InChI=1S/C13H13BrN2S/c14-11-2-1-3-12(10-11)16-8-9-17-13-4-6-15-7-5-13/h1-7,10,16H,8-9H2. The lowest BCUT2D eigenvalue weighted by molar-refractivity contribution is 1.21. The molecule has 0 fully saturated rings. The van der Waals surface area contributed by atoms with Gasteiger partial charge in [-0.3, -0.25) is 4.98 Å². The van der Waals surface area contributed by atoms with E-state index in [1.54, 1.807) is 0 Å². The minimum absolute atomic E-state index is 0.948. The molecule has 0 amide bonds. The van der Waals surface area contributed by atoms with E-state index in [4.69, 9.17) is 0 Å². The number of nitrogens with one attached hydrogen (secondary N) is 1. The number of thioether (sulfide) groups is 1. The second-order valence-corrected chi connectivity index (χ2v) is 5.55. The number of aromatic nitrogens is 1. The van der Waals surface area contributed by atoms with Gasteiger partial charge in [0.05, 0.1) is 0 Å². The van der Waals surface area contributed by atoms with Gasteiger partial charge in [-0.15, -0.1) is 11.8 Å². The molecular weight excluding hydrogens is 296 g/mol. The van der Waals surface area contributed by atoms with Crippen LogP contribution in [0.3, 0.4) is 0 Å². The first-order valence-electron chi connectivity index (χ1n) is 5.37. The van der Waals surface area contributed by atoms with E-state index in [-0.39, 0.29) is 0 Å². The van der Waals surface area contributed by atoms with Crippen LogP contribution >= 0.6 is 27.7 Å². The summed E-state index contributed by atoms with van der Waals surface area (Å²) in [5, 5.41) is 3.39. The lowest BCUT2D eigenvalue weighted by Gasteiger charge is -2.06. The van der Waals surface area contributed by atoms with Crippen molar-refractivity contribution in [1.82, 2.24) is 4.98 Å². The maximum absolute atomic E-state index is 4.00. The van der Waals surface area contributed by atoms with Crippen LogP contribution in [-0.2, 0) is 0 Å². The van der Waals surface area contributed by atoms with Gasteiger partial charge in [-0.2, -0.15) is 0 Å². The van der Waals surface area contributed by atoms with E-state index in [0.717, 1.165) is 22.5 Å². The topological polar surface area (TPSA) is 24.9 Å². The zero-order valence-electron chi connectivity index (χ0n) is 9.27. The van der Waals surface area contributed by atoms with Gasteiger partial charge in [0.25, 0.3) is 0 Å². The summed E-state index contributed by atoms with van der Waals surface area (Å²) < 4.78 is 1.10. The molecule has 0 spiro atoms. The average Bonchev–Trinajstić information content (AvgIpc) is 2.36. The smallest absolute Gasteiger partial charge is 0.0351 e. The molecule has 2 rings (SSSR count). The Morgan fingerprint density at radius 2 is 2.00 bits per heavy atom. The first-order chi connectivity index (χ1) is 8.34. The third-order valence-corrected chi connectivity index (χ3v) is 3.68. The summed E-state index contributed by atoms with van der Waals surface area (Å²) in [6.07, 6.45) is 3.65. The Labute approximate surface area is 114 Å². The first-order valence-corrected chi connectivity index (χ1v) is 7.15. The number of anilines is 1. The number of pyridine rings is 1. The van der Waals surface area contributed by atoms with E-state index in [0.29, 0.717) is 0 Å². The molecule has 88 valence electrons. The van der Waals surface area contributed by atoms with Gasteiger partial charge >= 0.3 is 0 Å². The highest BCUT2D eigenvalue weighted by molar-refractivity contribution is 9.10. The largest absolute Gasteiger partial charge is 0.384 e. The van der Waals surface area contributed by atoms with Crippen LogP contribution in [0.4, 0.5) is 5.69 Å². The van der Waals surface area contributed by atoms with Crippen molar-refractivity contribution >= 4 is 33.4 Å². The van der Waals surface area contributed by atoms with Crippen LogP contribution in [-0.4, -0.2) is 17.3 Å². The lowest BCUT2D eigenvalue weighted by Crippen LogP contribution is -2.03. The van der Waals surface area contributed by atoms with Crippen LogP contribution in [0.15, 0.2) is 58.2 Å². The van der Waals surface area contributed by atoms with Crippen molar-refractivity contribution < 1.29 is 0 Å². The summed E-state index contributed by atoms with van der Waals surface area (Å²) in [5.74, 6) is 1.04. The molecule has 0 bridgehead atoms. The molecule has 0 aliphatic carbocycles. The van der Waals surface area contributed by atoms with Gasteiger partial charge in [-0.05, 0) is 30.3 Å². The highest BCUT2D eigenvalue weighted by Crippen LogP contribution is 2.18. The molecule has 0 saturated heterocycles. The van der Waals surface area contributed by atoms with E-state index in [9.17, 15) is 0 Å². The fraction of sp³-hybridized carbons (Fsp3) is 0.154.